The molecule has 0 fully saturated rings. The molecule has 0 unspecified atom stereocenters. The molecule has 2 rings (SSSR count). The summed E-state index contributed by atoms with van der Waals surface area (Å²) < 4.78 is 6.68. The van der Waals surface area contributed by atoms with Crippen LogP contribution in [0.25, 0.3) is 11.2 Å². The Hall–Kier alpha value is -1.58. The monoisotopic (exact) mass is 206 g/mol. The number of hydrogen-bond acceptors (Lipinski definition) is 3. The zero-order valence-corrected chi connectivity index (χ0v) is 8.77. The maximum Gasteiger partial charge on any atom is 0.421 e. The number of nitrogens with zero attached hydrogens (tertiary/aromatic N) is 2. The lowest BCUT2D eigenvalue weighted by Crippen LogP contribution is -2.14. The summed E-state index contributed by atoms with van der Waals surface area (Å²) in [4.78, 5) is 15.6. The lowest BCUT2D eigenvalue weighted by Gasteiger charge is -1.99. The average Bonchev–Trinajstić information content (AvgIpc) is 2.56. The molecule has 0 aromatic carbocycles. The van der Waals surface area contributed by atoms with Gasteiger partial charge in [-0.2, -0.15) is 0 Å². The maximum absolute atomic E-state index is 11.5. The number of rotatable bonds is 4. The summed E-state index contributed by atoms with van der Waals surface area (Å²) in [5, 5.41) is 0. The first-order valence-electron chi connectivity index (χ1n) is 5.27. The molecule has 0 aliphatic carbocycles. The molecular formula is C11H14N2O2. The SMILES string of the molecule is CCCCCn1c(=O)oc2cccnc21. The van der Waals surface area contributed by atoms with Gasteiger partial charge in [0.05, 0.1) is 0 Å². The van der Waals surface area contributed by atoms with Gasteiger partial charge in [-0.25, -0.2) is 9.78 Å². The van der Waals surface area contributed by atoms with E-state index in [9.17, 15) is 4.79 Å². The van der Waals surface area contributed by atoms with E-state index in [-0.39, 0.29) is 5.76 Å². The quantitative estimate of drug-likeness (QED) is 0.720. The van der Waals surface area contributed by atoms with Gasteiger partial charge in [-0.15, -0.1) is 0 Å². The second kappa shape index (κ2) is 4.29. The van der Waals surface area contributed by atoms with Crippen molar-refractivity contribution in [2.45, 2.75) is 32.7 Å². The third-order valence-corrected chi connectivity index (χ3v) is 2.41. The van der Waals surface area contributed by atoms with Crippen molar-refractivity contribution in [3.05, 3.63) is 28.9 Å². The van der Waals surface area contributed by atoms with Crippen molar-refractivity contribution in [3.63, 3.8) is 0 Å². The molecule has 4 nitrogen and oxygen atoms in total. The summed E-state index contributed by atoms with van der Waals surface area (Å²) in [7, 11) is 0. The fourth-order valence-corrected chi connectivity index (χ4v) is 1.62. The van der Waals surface area contributed by atoms with E-state index in [1.165, 1.54) is 0 Å². The first kappa shape index (κ1) is 9.96. The van der Waals surface area contributed by atoms with Crippen LogP contribution in [0.5, 0.6) is 0 Å². The van der Waals surface area contributed by atoms with Gasteiger partial charge >= 0.3 is 5.76 Å². The molecule has 4 heteroatoms. The predicted molar refractivity (Wildman–Crippen MR) is 57.8 cm³/mol. The molecule has 0 aliphatic rings. The zero-order valence-electron chi connectivity index (χ0n) is 8.77. The normalized spacial score (nSPS) is 11.0. The molecule has 0 amide bonds. The third-order valence-electron chi connectivity index (χ3n) is 2.41. The number of unbranched alkanes of at least 4 members (excludes halogenated alkanes) is 2. The summed E-state index contributed by atoms with van der Waals surface area (Å²) in [6.45, 7) is 2.82. The van der Waals surface area contributed by atoms with E-state index in [4.69, 9.17) is 4.42 Å². The van der Waals surface area contributed by atoms with Gasteiger partial charge in [0.1, 0.15) is 0 Å². The van der Waals surface area contributed by atoms with Crippen molar-refractivity contribution < 1.29 is 4.42 Å². The minimum absolute atomic E-state index is 0.306. The number of fused-ring (bicyclic) bond motifs is 1. The van der Waals surface area contributed by atoms with Crippen LogP contribution in [0.3, 0.4) is 0 Å². The number of aryl methyl sites for hydroxylation is 1. The highest BCUT2D eigenvalue weighted by atomic mass is 16.4. The molecule has 80 valence electrons. The first-order chi connectivity index (χ1) is 7.33. The molecule has 15 heavy (non-hydrogen) atoms. The van der Waals surface area contributed by atoms with E-state index in [1.54, 1.807) is 22.9 Å². The Bertz CT molecular complexity index is 499. The smallest absolute Gasteiger partial charge is 0.406 e. The minimum Gasteiger partial charge on any atom is -0.406 e. The van der Waals surface area contributed by atoms with Crippen molar-refractivity contribution in [2.75, 3.05) is 0 Å². The van der Waals surface area contributed by atoms with Crippen molar-refractivity contribution in [3.8, 4) is 0 Å². The summed E-state index contributed by atoms with van der Waals surface area (Å²) in [6.07, 6.45) is 4.92. The molecule has 2 aromatic heterocycles. The second-order valence-electron chi connectivity index (χ2n) is 3.55. The molecule has 2 aromatic rings. The van der Waals surface area contributed by atoms with Gasteiger partial charge < -0.3 is 4.42 Å². The van der Waals surface area contributed by atoms with Gasteiger partial charge in [0.25, 0.3) is 0 Å². The lowest BCUT2D eigenvalue weighted by atomic mass is 10.2. The Balaban J connectivity index is 2.33. The van der Waals surface area contributed by atoms with Crippen LogP contribution in [0.4, 0.5) is 0 Å². The molecule has 0 N–H and O–H groups in total. The van der Waals surface area contributed by atoms with Gasteiger partial charge in [-0.3, -0.25) is 4.57 Å². The standard InChI is InChI=1S/C11H14N2O2/c1-2-3-4-8-13-10-9(15-11(13)14)6-5-7-12-10/h5-7H,2-4,8H2,1H3. The van der Waals surface area contributed by atoms with Crippen LogP contribution in [0.1, 0.15) is 26.2 Å². The number of aromatic nitrogens is 2. The van der Waals surface area contributed by atoms with E-state index in [0.29, 0.717) is 17.8 Å². The predicted octanol–water partition coefficient (Wildman–Crippen LogP) is 2.18. The fraction of sp³-hybridized carbons (Fsp3) is 0.455. The molecule has 0 saturated heterocycles. The molecule has 0 radical (unpaired) electrons. The molecule has 2 heterocycles. The molecule has 0 aliphatic heterocycles. The Morgan fingerprint density at radius 3 is 3.13 bits per heavy atom. The molecule has 0 bridgehead atoms. The maximum atomic E-state index is 11.5. The van der Waals surface area contributed by atoms with Gasteiger partial charge in [0.2, 0.25) is 0 Å². The fourth-order valence-electron chi connectivity index (χ4n) is 1.62. The number of oxazole rings is 1. The van der Waals surface area contributed by atoms with Crippen LogP contribution in [0, 0.1) is 0 Å². The zero-order chi connectivity index (χ0) is 10.7. The lowest BCUT2D eigenvalue weighted by molar-refractivity contribution is 0.491. The van der Waals surface area contributed by atoms with Crippen LogP contribution in [0.2, 0.25) is 0 Å². The van der Waals surface area contributed by atoms with E-state index >= 15 is 0 Å². The van der Waals surface area contributed by atoms with Gasteiger partial charge in [-0.1, -0.05) is 19.8 Å². The van der Waals surface area contributed by atoms with Crippen molar-refractivity contribution in [1.29, 1.82) is 0 Å². The van der Waals surface area contributed by atoms with Gasteiger partial charge in [0, 0.05) is 12.7 Å². The average molecular weight is 206 g/mol. The van der Waals surface area contributed by atoms with Crippen LogP contribution < -0.4 is 5.76 Å². The van der Waals surface area contributed by atoms with Gasteiger partial charge in [-0.05, 0) is 18.6 Å². The van der Waals surface area contributed by atoms with Crippen LogP contribution in [0.15, 0.2) is 27.5 Å². The largest absolute Gasteiger partial charge is 0.421 e. The molecule has 0 spiro atoms. The third kappa shape index (κ3) is 1.93. The molecule has 0 saturated carbocycles. The minimum atomic E-state index is -0.306. The summed E-state index contributed by atoms with van der Waals surface area (Å²) in [5.74, 6) is -0.306. The van der Waals surface area contributed by atoms with Crippen LogP contribution in [-0.2, 0) is 6.54 Å². The van der Waals surface area contributed by atoms with E-state index in [2.05, 4.69) is 11.9 Å². The van der Waals surface area contributed by atoms with Crippen molar-refractivity contribution >= 4 is 11.2 Å². The topological polar surface area (TPSA) is 48.0 Å². The van der Waals surface area contributed by atoms with Crippen LogP contribution in [-0.4, -0.2) is 9.55 Å². The van der Waals surface area contributed by atoms with Gasteiger partial charge in [0.15, 0.2) is 11.2 Å². The second-order valence-corrected chi connectivity index (χ2v) is 3.55. The Morgan fingerprint density at radius 1 is 1.47 bits per heavy atom. The summed E-state index contributed by atoms with van der Waals surface area (Å²) >= 11 is 0. The number of pyridine rings is 1. The Kier molecular flexibility index (Phi) is 2.85. The Labute approximate surface area is 87.5 Å². The van der Waals surface area contributed by atoms with E-state index in [0.717, 1.165) is 19.3 Å². The van der Waals surface area contributed by atoms with E-state index < -0.39 is 0 Å². The van der Waals surface area contributed by atoms with E-state index in [1.807, 2.05) is 0 Å². The van der Waals surface area contributed by atoms with Crippen LogP contribution >= 0.6 is 0 Å². The highest BCUT2D eigenvalue weighted by molar-refractivity contribution is 5.67. The highest BCUT2D eigenvalue weighted by Crippen LogP contribution is 2.09. The summed E-state index contributed by atoms with van der Waals surface area (Å²) in [6, 6.07) is 3.53. The molecule has 0 atom stereocenters. The first-order valence-corrected chi connectivity index (χ1v) is 5.27. The van der Waals surface area contributed by atoms with Crippen molar-refractivity contribution in [2.24, 2.45) is 0 Å². The Morgan fingerprint density at radius 2 is 2.33 bits per heavy atom. The van der Waals surface area contributed by atoms with Crippen molar-refractivity contribution in [1.82, 2.24) is 9.55 Å². The molecular weight excluding hydrogens is 192 g/mol. The number of hydrogen-bond donors (Lipinski definition) is 0. The highest BCUT2D eigenvalue weighted by Gasteiger charge is 2.08. The summed E-state index contributed by atoms with van der Waals surface area (Å²) in [5.41, 5.74) is 1.22.